The fourth-order valence-corrected chi connectivity index (χ4v) is 4.83. The summed E-state index contributed by atoms with van der Waals surface area (Å²) in [5.41, 5.74) is 0.845. The number of rotatable bonds is 7. The third-order valence-electron chi connectivity index (χ3n) is 2.49. The van der Waals surface area contributed by atoms with Gasteiger partial charge in [0.2, 0.25) is 10.0 Å². The predicted octanol–water partition coefficient (Wildman–Crippen LogP) is 2.33. The fraction of sp³-hybridized carbons (Fsp3) is 0.333. The first kappa shape index (κ1) is 14.7. The Morgan fingerprint density at radius 2 is 2.11 bits per heavy atom. The Labute approximate surface area is 121 Å². The van der Waals surface area contributed by atoms with Crippen LogP contribution in [0.15, 0.2) is 33.2 Å². The molecule has 0 saturated heterocycles. The molecule has 2 aromatic rings. The van der Waals surface area contributed by atoms with E-state index in [-0.39, 0.29) is 6.54 Å². The number of hydrogen-bond acceptors (Lipinski definition) is 5. The highest BCUT2D eigenvalue weighted by Gasteiger charge is 2.19. The summed E-state index contributed by atoms with van der Waals surface area (Å²) in [5, 5.41) is 3.81. The van der Waals surface area contributed by atoms with Gasteiger partial charge in [-0.25, -0.2) is 13.1 Å². The summed E-state index contributed by atoms with van der Waals surface area (Å²) in [6.45, 7) is 0.653. The predicted molar refractivity (Wildman–Crippen MR) is 78.5 cm³/mol. The molecule has 19 heavy (non-hydrogen) atoms. The van der Waals surface area contributed by atoms with Crippen molar-refractivity contribution in [3.63, 3.8) is 0 Å². The van der Waals surface area contributed by atoms with Crippen molar-refractivity contribution in [2.45, 2.75) is 10.6 Å². The van der Waals surface area contributed by atoms with Crippen LogP contribution in [-0.2, 0) is 21.2 Å². The van der Waals surface area contributed by atoms with Gasteiger partial charge in [0.15, 0.2) is 0 Å². The van der Waals surface area contributed by atoms with Crippen molar-refractivity contribution < 1.29 is 13.2 Å². The number of ether oxygens (including phenoxy) is 1. The van der Waals surface area contributed by atoms with Gasteiger partial charge in [-0.3, -0.25) is 0 Å². The van der Waals surface area contributed by atoms with E-state index < -0.39 is 10.0 Å². The zero-order valence-corrected chi connectivity index (χ0v) is 12.9. The Morgan fingerprint density at radius 3 is 2.79 bits per heavy atom. The SMILES string of the molecule is COCCNS(=O)(=O)c1sccc1Cc1cccs1. The van der Waals surface area contributed by atoms with E-state index in [4.69, 9.17) is 4.74 Å². The molecule has 0 radical (unpaired) electrons. The smallest absolute Gasteiger partial charge is 0.250 e. The molecule has 4 nitrogen and oxygen atoms in total. The van der Waals surface area contributed by atoms with Crippen molar-refractivity contribution in [3.8, 4) is 0 Å². The first-order valence-corrected chi connectivity index (χ1v) is 8.95. The monoisotopic (exact) mass is 317 g/mol. The first-order chi connectivity index (χ1) is 9.13. The van der Waals surface area contributed by atoms with Crippen LogP contribution in [0.2, 0.25) is 0 Å². The van der Waals surface area contributed by atoms with Gasteiger partial charge in [-0.15, -0.1) is 22.7 Å². The highest BCUT2D eigenvalue weighted by Crippen LogP contribution is 2.26. The molecule has 0 spiro atoms. The summed E-state index contributed by atoms with van der Waals surface area (Å²) in [4.78, 5) is 1.16. The number of hydrogen-bond donors (Lipinski definition) is 1. The molecule has 0 amide bonds. The zero-order chi connectivity index (χ0) is 13.7. The summed E-state index contributed by atoms with van der Waals surface area (Å²) in [6, 6.07) is 5.85. The van der Waals surface area contributed by atoms with Crippen LogP contribution in [0.1, 0.15) is 10.4 Å². The maximum atomic E-state index is 12.2. The van der Waals surface area contributed by atoms with Crippen molar-refractivity contribution in [1.29, 1.82) is 0 Å². The van der Waals surface area contributed by atoms with Crippen LogP contribution in [0.25, 0.3) is 0 Å². The summed E-state index contributed by atoms with van der Waals surface area (Å²) in [5.74, 6) is 0. The van der Waals surface area contributed by atoms with E-state index in [2.05, 4.69) is 4.72 Å². The summed E-state index contributed by atoms with van der Waals surface area (Å²) >= 11 is 2.88. The lowest BCUT2D eigenvalue weighted by molar-refractivity contribution is 0.204. The third kappa shape index (κ3) is 3.87. The fourth-order valence-electron chi connectivity index (χ4n) is 1.63. The summed E-state index contributed by atoms with van der Waals surface area (Å²) in [7, 11) is -1.89. The molecule has 0 unspecified atom stereocenters. The van der Waals surface area contributed by atoms with Crippen molar-refractivity contribution in [1.82, 2.24) is 4.72 Å². The molecule has 2 rings (SSSR count). The van der Waals surface area contributed by atoms with E-state index in [0.29, 0.717) is 17.2 Å². The Hall–Kier alpha value is -0.730. The molecule has 0 aliphatic carbocycles. The molecule has 2 heterocycles. The minimum atomic E-state index is -3.43. The van der Waals surface area contributed by atoms with Crippen LogP contribution in [0.4, 0.5) is 0 Å². The molecule has 0 saturated carbocycles. The van der Waals surface area contributed by atoms with Gasteiger partial charge in [0.05, 0.1) is 6.61 Å². The van der Waals surface area contributed by atoms with Gasteiger partial charge in [-0.05, 0) is 28.5 Å². The van der Waals surface area contributed by atoms with Crippen LogP contribution in [0.3, 0.4) is 0 Å². The Balaban J connectivity index is 2.14. The standard InChI is InChI=1S/C12H15NO3S3/c1-16-6-5-13-19(14,15)12-10(4-8-18-12)9-11-3-2-7-17-11/h2-4,7-8,13H,5-6,9H2,1H3. The highest BCUT2D eigenvalue weighted by molar-refractivity contribution is 7.91. The average molecular weight is 317 g/mol. The number of thiophene rings is 2. The largest absolute Gasteiger partial charge is 0.383 e. The lowest BCUT2D eigenvalue weighted by atomic mass is 10.2. The Bertz CT molecular complexity index is 602. The van der Waals surface area contributed by atoms with Crippen LogP contribution in [0.5, 0.6) is 0 Å². The van der Waals surface area contributed by atoms with Gasteiger partial charge >= 0.3 is 0 Å². The first-order valence-electron chi connectivity index (χ1n) is 5.71. The summed E-state index contributed by atoms with van der Waals surface area (Å²) < 4.78 is 32.1. The maximum Gasteiger partial charge on any atom is 0.250 e. The van der Waals surface area contributed by atoms with Gasteiger partial charge in [0.1, 0.15) is 4.21 Å². The second-order valence-corrected chi connectivity index (χ2v) is 7.79. The molecule has 0 aliphatic rings. The van der Waals surface area contributed by atoms with E-state index in [1.54, 1.807) is 18.4 Å². The second-order valence-electron chi connectivity index (χ2n) is 3.88. The molecule has 0 bridgehead atoms. The van der Waals surface area contributed by atoms with Gasteiger partial charge in [-0.1, -0.05) is 6.07 Å². The van der Waals surface area contributed by atoms with Gasteiger partial charge in [-0.2, -0.15) is 0 Å². The van der Waals surface area contributed by atoms with Gasteiger partial charge in [0.25, 0.3) is 0 Å². The van der Waals surface area contributed by atoms with Crippen LogP contribution < -0.4 is 4.72 Å². The summed E-state index contributed by atoms with van der Waals surface area (Å²) in [6.07, 6.45) is 0.654. The Kier molecular flexibility index (Phi) is 5.12. The normalized spacial score (nSPS) is 11.8. The van der Waals surface area contributed by atoms with Crippen LogP contribution >= 0.6 is 22.7 Å². The minimum absolute atomic E-state index is 0.287. The molecule has 7 heteroatoms. The molecular weight excluding hydrogens is 302 g/mol. The maximum absolute atomic E-state index is 12.2. The topological polar surface area (TPSA) is 55.4 Å². The molecule has 2 aromatic heterocycles. The van der Waals surface area contributed by atoms with Crippen molar-refractivity contribution in [2.75, 3.05) is 20.3 Å². The molecular formula is C12H15NO3S3. The third-order valence-corrected chi connectivity index (χ3v) is 6.40. The molecule has 0 fully saturated rings. The lowest BCUT2D eigenvalue weighted by Crippen LogP contribution is -2.27. The molecule has 1 N–H and O–H groups in total. The van der Waals surface area contributed by atoms with E-state index >= 15 is 0 Å². The number of sulfonamides is 1. The minimum Gasteiger partial charge on any atom is -0.383 e. The number of methoxy groups -OCH3 is 1. The molecule has 104 valence electrons. The molecule has 0 atom stereocenters. The zero-order valence-electron chi connectivity index (χ0n) is 10.5. The quantitative estimate of drug-likeness (QED) is 0.797. The van der Waals surface area contributed by atoms with Crippen molar-refractivity contribution in [2.24, 2.45) is 0 Å². The Morgan fingerprint density at radius 1 is 1.26 bits per heavy atom. The van der Waals surface area contributed by atoms with E-state index in [9.17, 15) is 8.42 Å². The van der Waals surface area contributed by atoms with E-state index in [1.165, 1.54) is 11.3 Å². The van der Waals surface area contributed by atoms with Gasteiger partial charge in [0, 0.05) is 25.0 Å². The highest BCUT2D eigenvalue weighted by atomic mass is 32.2. The molecule has 0 aliphatic heterocycles. The van der Waals surface area contributed by atoms with Crippen LogP contribution in [0, 0.1) is 0 Å². The number of nitrogens with one attached hydrogen (secondary N) is 1. The van der Waals surface area contributed by atoms with Crippen molar-refractivity contribution in [3.05, 3.63) is 39.4 Å². The van der Waals surface area contributed by atoms with Crippen molar-refractivity contribution >= 4 is 32.7 Å². The van der Waals surface area contributed by atoms with E-state index in [1.807, 2.05) is 29.0 Å². The van der Waals surface area contributed by atoms with E-state index in [0.717, 1.165) is 10.4 Å². The lowest BCUT2D eigenvalue weighted by Gasteiger charge is -2.06. The van der Waals surface area contributed by atoms with Gasteiger partial charge < -0.3 is 4.74 Å². The average Bonchev–Trinajstić information content (AvgIpc) is 3.01. The molecule has 0 aromatic carbocycles. The second kappa shape index (κ2) is 6.62. The van der Waals surface area contributed by atoms with Crippen LogP contribution in [-0.4, -0.2) is 28.7 Å².